The summed E-state index contributed by atoms with van der Waals surface area (Å²) < 4.78 is 0. The molecular weight excluding hydrogens is 292 g/mol. The summed E-state index contributed by atoms with van der Waals surface area (Å²) in [6.45, 7) is 5.18. The number of amides is 2. The number of anilines is 1. The van der Waals surface area contributed by atoms with Crippen molar-refractivity contribution >= 4 is 17.5 Å². The number of benzene rings is 1. The molecule has 0 bridgehead atoms. The van der Waals surface area contributed by atoms with Crippen molar-refractivity contribution in [1.82, 2.24) is 15.5 Å². The van der Waals surface area contributed by atoms with Crippen molar-refractivity contribution < 1.29 is 9.59 Å². The molecule has 124 valence electrons. The Kier molecular flexibility index (Phi) is 4.93. The highest BCUT2D eigenvalue weighted by molar-refractivity contribution is 5.97. The van der Waals surface area contributed by atoms with E-state index in [0.717, 1.165) is 32.5 Å². The van der Waals surface area contributed by atoms with E-state index in [-0.39, 0.29) is 11.8 Å². The maximum Gasteiger partial charge on any atom is 0.251 e. The van der Waals surface area contributed by atoms with Crippen molar-refractivity contribution in [2.24, 2.45) is 0 Å². The number of hydrogen-bond donors (Lipinski definition) is 3. The number of carbonyl (C=O) groups is 2. The highest BCUT2D eigenvalue weighted by Gasteiger charge is 2.24. The summed E-state index contributed by atoms with van der Waals surface area (Å²) in [5.41, 5.74) is 1.26. The third-order valence-electron chi connectivity index (χ3n) is 4.31. The van der Waals surface area contributed by atoms with Crippen molar-refractivity contribution in [3.05, 3.63) is 29.8 Å². The summed E-state index contributed by atoms with van der Waals surface area (Å²) in [5, 5.41) is 9.16. The van der Waals surface area contributed by atoms with Gasteiger partial charge in [0.2, 0.25) is 5.91 Å². The fourth-order valence-electron chi connectivity index (χ4n) is 2.74. The van der Waals surface area contributed by atoms with Gasteiger partial charge in [-0.15, -0.1) is 0 Å². The lowest BCUT2D eigenvalue weighted by Gasteiger charge is -2.33. The predicted octanol–water partition coefficient (Wildman–Crippen LogP) is 0.811. The van der Waals surface area contributed by atoms with Gasteiger partial charge in [-0.05, 0) is 38.0 Å². The second-order valence-electron chi connectivity index (χ2n) is 6.40. The first-order valence-electron chi connectivity index (χ1n) is 8.27. The Labute approximate surface area is 136 Å². The fraction of sp³-hybridized carbons (Fsp3) is 0.529. The van der Waals surface area contributed by atoms with Crippen LogP contribution < -0.4 is 16.0 Å². The van der Waals surface area contributed by atoms with Crippen molar-refractivity contribution in [2.45, 2.75) is 31.8 Å². The molecule has 2 fully saturated rings. The van der Waals surface area contributed by atoms with Gasteiger partial charge in [-0.3, -0.25) is 14.5 Å². The number of hydrogen-bond acceptors (Lipinski definition) is 4. The quantitative estimate of drug-likeness (QED) is 0.752. The lowest BCUT2D eigenvalue weighted by atomic mass is 10.2. The average molecular weight is 316 g/mol. The van der Waals surface area contributed by atoms with Crippen molar-refractivity contribution in [3.63, 3.8) is 0 Å². The van der Waals surface area contributed by atoms with Crippen LogP contribution in [0.1, 0.15) is 30.1 Å². The maximum absolute atomic E-state index is 12.2. The van der Waals surface area contributed by atoms with Gasteiger partial charge in [-0.1, -0.05) is 6.07 Å². The van der Waals surface area contributed by atoms with Crippen LogP contribution in [0, 0.1) is 0 Å². The molecule has 0 spiro atoms. The minimum atomic E-state index is -0.0701. The molecule has 2 amide bonds. The van der Waals surface area contributed by atoms with Crippen LogP contribution in [0.15, 0.2) is 24.3 Å². The molecule has 1 aliphatic carbocycles. The van der Waals surface area contributed by atoms with E-state index in [2.05, 4.69) is 27.8 Å². The van der Waals surface area contributed by atoms with E-state index in [1.54, 1.807) is 18.2 Å². The number of rotatable bonds is 5. The first kappa shape index (κ1) is 16.0. The minimum absolute atomic E-state index is 0.0431. The number of piperazine rings is 1. The Hall–Kier alpha value is -1.92. The minimum Gasteiger partial charge on any atom is -0.349 e. The van der Waals surface area contributed by atoms with Crippen LogP contribution in [0.2, 0.25) is 0 Å². The van der Waals surface area contributed by atoms with E-state index in [1.807, 2.05) is 6.07 Å². The molecule has 1 saturated carbocycles. The molecule has 0 aromatic heterocycles. The van der Waals surface area contributed by atoms with Crippen molar-refractivity contribution in [1.29, 1.82) is 0 Å². The van der Waals surface area contributed by atoms with Gasteiger partial charge in [0.05, 0.1) is 6.54 Å². The molecule has 0 unspecified atom stereocenters. The molecule has 1 aromatic carbocycles. The molecule has 23 heavy (non-hydrogen) atoms. The number of nitrogens with one attached hydrogen (secondary N) is 3. The van der Waals surface area contributed by atoms with Crippen molar-refractivity contribution in [3.8, 4) is 0 Å². The first-order chi connectivity index (χ1) is 11.1. The molecular formula is C17H24N4O2. The lowest BCUT2D eigenvalue weighted by molar-refractivity contribution is -0.118. The van der Waals surface area contributed by atoms with E-state index in [0.29, 0.717) is 29.9 Å². The van der Waals surface area contributed by atoms with Gasteiger partial charge in [0.15, 0.2) is 0 Å². The van der Waals surface area contributed by atoms with E-state index >= 15 is 0 Å². The summed E-state index contributed by atoms with van der Waals surface area (Å²) in [7, 11) is 0. The lowest BCUT2D eigenvalue weighted by Crippen LogP contribution is -2.51. The van der Waals surface area contributed by atoms with Crippen LogP contribution in [-0.2, 0) is 4.79 Å². The van der Waals surface area contributed by atoms with Crippen LogP contribution in [0.3, 0.4) is 0 Å². The van der Waals surface area contributed by atoms with Crippen LogP contribution in [0.25, 0.3) is 0 Å². The zero-order chi connectivity index (χ0) is 16.2. The number of carbonyl (C=O) groups excluding carboxylic acids is 2. The first-order valence-corrected chi connectivity index (χ1v) is 8.27. The van der Waals surface area contributed by atoms with Crippen LogP contribution >= 0.6 is 0 Å². The zero-order valence-electron chi connectivity index (χ0n) is 13.5. The van der Waals surface area contributed by atoms with Gasteiger partial charge in [0.1, 0.15) is 0 Å². The summed E-state index contributed by atoms with van der Waals surface area (Å²) in [6, 6.07) is 7.79. The zero-order valence-corrected chi connectivity index (χ0v) is 13.5. The van der Waals surface area contributed by atoms with Gasteiger partial charge in [0.25, 0.3) is 5.91 Å². The van der Waals surface area contributed by atoms with E-state index in [1.165, 1.54) is 0 Å². The van der Waals surface area contributed by atoms with Crippen molar-refractivity contribution in [2.75, 3.05) is 31.5 Å². The maximum atomic E-state index is 12.2. The molecule has 1 aliphatic heterocycles. The SMILES string of the molecule is C[C@H]1CNCCN1CC(=O)Nc1cccc(C(=O)NC2CC2)c1. The van der Waals surface area contributed by atoms with Crippen LogP contribution in [-0.4, -0.2) is 55.0 Å². The normalized spacial score (nSPS) is 21.7. The second-order valence-corrected chi connectivity index (χ2v) is 6.40. The molecule has 0 radical (unpaired) electrons. The van der Waals surface area contributed by atoms with Gasteiger partial charge < -0.3 is 16.0 Å². The molecule has 3 rings (SSSR count). The smallest absolute Gasteiger partial charge is 0.251 e. The summed E-state index contributed by atoms with van der Waals surface area (Å²) in [6.07, 6.45) is 2.12. The topological polar surface area (TPSA) is 73.5 Å². The molecule has 1 aromatic rings. The van der Waals surface area contributed by atoms with Gasteiger partial charge >= 0.3 is 0 Å². The molecule has 3 N–H and O–H groups in total. The fourth-order valence-corrected chi connectivity index (χ4v) is 2.74. The van der Waals surface area contributed by atoms with Gasteiger partial charge in [-0.25, -0.2) is 0 Å². The molecule has 1 heterocycles. The Morgan fingerprint density at radius 1 is 1.35 bits per heavy atom. The van der Waals surface area contributed by atoms with E-state index < -0.39 is 0 Å². The predicted molar refractivity (Wildman–Crippen MR) is 89.5 cm³/mol. The Bertz CT molecular complexity index is 586. The van der Waals surface area contributed by atoms with Gasteiger partial charge in [0, 0.05) is 43.0 Å². The van der Waals surface area contributed by atoms with E-state index in [9.17, 15) is 9.59 Å². The van der Waals surface area contributed by atoms with Crippen LogP contribution in [0.4, 0.5) is 5.69 Å². The summed E-state index contributed by atoms with van der Waals surface area (Å²) >= 11 is 0. The Morgan fingerprint density at radius 3 is 2.91 bits per heavy atom. The highest BCUT2D eigenvalue weighted by Crippen LogP contribution is 2.20. The summed E-state index contributed by atoms with van der Waals surface area (Å²) in [5.74, 6) is -0.113. The van der Waals surface area contributed by atoms with E-state index in [4.69, 9.17) is 0 Å². The van der Waals surface area contributed by atoms with Gasteiger partial charge in [-0.2, -0.15) is 0 Å². The highest BCUT2D eigenvalue weighted by atomic mass is 16.2. The third kappa shape index (κ3) is 4.53. The average Bonchev–Trinajstić information content (AvgIpc) is 3.34. The standard InChI is InChI=1S/C17H24N4O2/c1-12-10-18-7-8-21(12)11-16(22)19-15-4-2-3-13(9-15)17(23)20-14-5-6-14/h2-4,9,12,14,18H,5-8,10-11H2,1H3,(H,19,22)(H,20,23)/t12-/m0/s1. The summed E-state index contributed by atoms with van der Waals surface area (Å²) in [4.78, 5) is 26.4. The molecule has 1 saturated heterocycles. The monoisotopic (exact) mass is 316 g/mol. The second kappa shape index (κ2) is 7.10. The molecule has 1 atom stereocenters. The molecule has 6 heteroatoms. The largest absolute Gasteiger partial charge is 0.349 e. The Morgan fingerprint density at radius 2 is 2.17 bits per heavy atom. The Balaban J connectivity index is 1.56. The molecule has 6 nitrogen and oxygen atoms in total. The third-order valence-corrected chi connectivity index (χ3v) is 4.31. The molecule has 2 aliphatic rings. The number of nitrogens with zero attached hydrogens (tertiary/aromatic N) is 1. The van der Waals surface area contributed by atoms with Crippen LogP contribution in [0.5, 0.6) is 0 Å².